The van der Waals surface area contributed by atoms with Crippen molar-refractivity contribution in [2.45, 2.75) is 84.2 Å². The summed E-state index contributed by atoms with van der Waals surface area (Å²) >= 11 is 0. The van der Waals surface area contributed by atoms with Crippen molar-refractivity contribution in [3.05, 3.63) is 133 Å². The van der Waals surface area contributed by atoms with Crippen molar-refractivity contribution in [3.63, 3.8) is 0 Å². The third-order valence-electron chi connectivity index (χ3n) is 10.5. The first kappa shape index (κ1) is 62.0. The van der Waals surface area contributed by atoms with Gasteiger partial charge in [0.15, 0.2) is 11.5 Å². The number of benzene rings is 2. The van der Waals surface area contributed by atoms with Gasteiger partial charge in [-0.25, -0.2) is 14.3 Å². The molecule has 2 aromatic carbocycles. The van der Waals surface area contributed by atoms with Gasteiger partial charge in [0.1, 0.15) is 29.7 Å². The Morgan fingerprint density at radius 1 is 0.875 bits per heavy atom. The van der Waals surface area contributed by atoms with Crippen LogP contribution < -0.4 is 11.2 Å². The Morgan fingerprint density at radius 2 is 1.49 bits per heavy atom. The number of hydrogen-bond acceptors (Lipinski definition) is 18. The summed E-state index contributed by atoms with van der Waals surface area (Å²) in [4.78, 5) is 81.2. The second-order valence-corrected chi connectivity index (χ2v) is 17.4. The van der Waals surface area contributed by atoms with Crippen LogP contribution in [0.4, 0.5) is 0 Å². The number of hydrogen-bond donors (Lipinski definition) is 11. The predicted octanol–water partition coefficient (Wildman–Crippen LogP) is 1.75. The number of carbonyl (C=O) groups is 2. The maximum atomic E-state index is 12.2. The molecule has 2 aromatic heterocycles. The van der Waals surface area contributed by atoms with Crippen molar-refractivity contribution >= 4 is 43.2 Å². The summed E-state index contributed by atoms with van der Waals surface area (Å²) in [5.74, 6) is -2.33. The molecule has 4 atom stereocenters. The van der Waals surface area contributed by atoms with Crippen molar-refractivity contribution in [1.29, 1.82) is 0 Å². The summed E-state index contributed by atoms with van der Waals surface area (Å²) in [6, 6.07) is 19.6. The molecule has 11 N–H and O–H groups in total. The molecular weight excluding hydrogens is 989 g/mol. The molecule has 72 heavy (non-hydrogen) atoms. The predicted molar refractivity (Wildman–Crippen MR) is 262 cm³/mol. The SMILES string of the molecule is CN(C)CCOC(C)(c1ccccc1)c1ccccn1.Cc1cc2nc3c(=O)[nH]c(=O)nc-3n(C[C@H](O)[C@H](O)[C@H](O)COP(=O)(O)O)c2cc1C.Cc1ncc(CO)c(CO)c1O.Cl.O=C(O)CCC(=O)O. The fourth-order valence-corrected chi connectivity index (χ4v) is 6.75. The maximum absolute atomic E-state index is 12.2. The minimum absolute atomic E-state index is 0. The number of aliphatic hydroxyl groups is 5. The van der Waals surface area contributed by atoms with Crippen LogP contribution in [0.2, 0.25) is 0 Å². The van der Waals surface area contributed by atoms with Crippen molar-refractivity contribution < 1.29 is 74.1 Å². The number of aliphatic hydroxyl groups excluding tert-OH is 5. The van der Waals surface area contributed by atoms with E-state index in [1.807, 2.05) is 75.5 Å². The molecule has 0 radical (unpaired) electrons. The van der Waals surface area contributed by atoms with Crippen LogP contribution in [0.15, 0.2) is 82.6 Å². The smallest absolute Gasteiger partial charge is 0.469 e. The van der Waals surface area contributed by atoms with Crippen LogP contribution in [-0.4, -0.2) is 149 Å². The number of phosphoric acid groups is 1. The zero-order chi connectivity index (χ0) is 53.2. The van der Waals surface area contributed by atoms with Gasteiger partial charge in [-0.1, -0.05) is 36.4 Å². The van der Waals surface area contributed by atoms with Crippen molar-refractivity contribution in [2.75, 3.05) is 33.9 Å². The van der Waals surface area contributed by atoms with Crippen molar-refractivity contribution in [1.82, 2.24) is 34.4 Å². The van der Waals surface area contributed by atoms with E-state index >= 15 is 0 Å². The number of phosphoric ester groups is 1. The molecule has 0 fully saturated rings. The number of aromatic hydroxyl groups is 1. The first-order chi connectivity index (χ1) is 33.3. The zero-order valence-electron chi connectivity index (χ0n) is 40.2. The van der Waals surface area contributed by atoms with Crippen LogP contribution in [-0.2, 0) is 48.8 Å². The Labute approximate surface area is 418 Å². The molecule has 0 saturated heterocycles. The number of pyridine rings is 2. The lowest BCUT2D eigenvalue weighted by Crippen LogP contribution is -2.42. The minimum atomic E-state index is -4.89. The first-order valence-corrected chi connectivity index (χ1v) is 23.1. The summed E-state index contributed by atoms with van der Waals surface area (Å²) in [6.45, 7) is 7.04. The van der Waals surface area contributed by atoms with Gasteiger partial charge in [-0.2, -0.15) is 4.98 Å². The van der Waals surface area contributed by atoms with E-state index in [1.54, 1.807) is 19.1 Å². The molecular formula is C46H61ClN7O17P. The molecule has 4 aromatic rings. The molecule has 394 valence electrons. The number of ether oxygens (including phenoxy) is 1. The quantitative estimate of drug-likeness (QED) is 0.0431. The number of aliphatic carboxylic acids is 2. The van der Waals surface area contributed by atoms with E-state index < -0.39 is 68.1 Å². The number of nitrogens with zero attached hydrogens (tertiary/aromatic N) is 6. The lowest BCUT2D eigenvalue weighted by atomic mass is 9.91. The topological polar surface area (TPSA) is 382 Å². The fourth-order valence-electron chi connectivity index (χ4n) is 6.41. The zero-order valence-corrected chi connectivity index (χ0v) is 41.9. The number of aryl methyl sites for hydroxylation is 3. The Bertz CT molecular complexity index is 2760. The summed E-state index contributed by atoms with van der Waals surface area (Å²) in [5.41, 5.74) is 3.43. The number of carboxylic acid groups (broad SMARTS) is 2. The van der Waals surface area contributed by atoms with Gasteiger partial charge in [-0.05, 0) is 82.7 Å². The van der Waals surface area contributed by atoms with Gasteiger partial charge in [0.2, 0.25) is 0 Å². The van der Waals surface area contributed by atoms with E-state index in [-0.39, 0.29) is 55.7 Å². The number of rotatable bonds is 18. The fraction of sp³-hybridized carbons (Fsp3) is 0.391. The largest absolute Gasteiger partial charge is 0.506 e. The summed E-state index contributed by atoms with van der Waals surface area (Å²) < 4.78 is 22.4. The molecule has 0 amide bonds. The normalized spacial score (nSPS) is 13.2. The lowest BCUT2D eigenvalue weighted by Gasteiger charge is -2.30. The Balaban J connectivity index is 0.000000369. The number of halogens is 1. The maximum Gasteiger partial charge on any atom is 0.469 e. The third kappa shape index (κ3) is 18.5. The average molecular weight is 1050 g/mol. The number of aromatic amines is 1. The van der Waals surface area contributed by atoms with Gasteiger partial charge in [0, 0.05) is 30.1 Å². The van der Waals surface area contributed by atoms with E-state index in [0.29, 0.717) is 34.5 Å². The van der Waals surface area contributed by atoms with Crippen LogP contribution in [0.25, 0.3) is 22.6 Å². The van der Waals surface area contributed by atoms with Crippen LogP contribution in [0, 0.1) is 20.8 Å². The summed E-state index contributed by atoms with van der Waals surface area (Å²) in [6.07, 6.45) is -2.74. The van der Waals surface area contributed by atoms with Gasteiger partial charge in [0.25, 0.3) is 5.56 Å². The molecule has 2 aliphatic heterocycles. The standard InChI is InChI=1S/C17H21N4O9P.C17H22N2O.C8H11NO3.C4H6O4.ClH/c1-7-3-9-10(4-8(7)2)21(15-13(18-9)16(25)20-17(26)19-15)5-11(22)14(24)12(23)6-30-31(27,28)29;1-17(20-14-13-19(2)3,15-9-5-4-6-10-15)16-11-7-8-12-18-16;1-5-8(12)7(4-11)6(3-10)2-9-5;5-3(6)1-2-4(7)8;/h3-4,11-12,14,22-24H,5-6H2,1-2H3,(H,20,25,26)(H2,27,28,29);4-12H,13-14H2,1-3H3;2,10-12H,3-4H2,1H3;1-2H2,(H,5,6)(H,7,8);1H/t11-,12+,14-;;;;/m0..../s1. The van der Waals surface area contributed by atoms with Crippen LogP contribution >= 0.6 is 20.2 Å². The summed E-state index contributed by atoms with van der Waals surface area (Å²) in [7, 11) is -0.800. The van der Waals surface area contributed by atoms with Gasteiger partial charge >= 0.3 is 25.5 Å². The molecule has 0 spiro atoms. The van der Waals surface area contributed by atoms with E-state index in [4.69, 9.17) is 34.9 Å². The number of fused-ring (bicyclic) bond motifs is 2. The highest BCUT2D eigenvalue weighted by molar-refractivity contribution is 7.46. The van der Waals surface area contributed by atoms with Gasteiger partial charge < -0.3 is 64.8 Å². The Kier molecular flexibility index (Phi) is 24.8. The highest BCUT2D eigenvalue weighted by atomic mass is 35.5. The number of carboxylic acids is 2. The molecule has 0 aliphatic carbocycles. The number of nitrogens with one attached hydrogen (secondary N) is 1. The van der Waals surface area contributed by atoms with Crippen molar-refractivity contribution in [2.24, 2.45) is 0 Å². The number of likely N-dealkylation sites (N-methyl/N-ethyl adjacent to an activating group) is 1. The van der Waals surface area contributed by atoms with Crippen LogP contribution in [0.1, 0.15) is 59.0 Å². The second kappa shape index (κ2) is 28.8. The molecule has 24 nitrogen and oxygen atoms in total. The molecule has 0 bridgehead atoms. The van der Waals surface area contributed by atoms with E-state index in [9.17, 15) is 44.2 Å². The van der Waals surface area contributed by atoms with Crippen LogP contribution in [0.3, 0.4) is 0 Å². The third-order valence-corrected chi connectivity index (χ3v) is 11.0. The van der Waals surface area contributed by atoms with Crippen LogP contribution in [0.5, 0.6) is 5.75 Å². The number of aromatic nitrogens is 6. The van der Waals surface area contributed by atoms with Gasteiger partial charge in [0.05, 0.1) is 68.2 Å². The highest BCUT2D eigenvalue weighted by Gasteiger charge is 2.32. The lowest BCUT2D eigenvalue weighted by molar-refractivity contribution is -0.143. The van der Waals surface area contributed by atoms with E-state index in [1.165, 1.54) is 10.8 Å². The molecule has 4 heterocycles. The monoisotopic (exact) mass is 1050 g/mol. The van der Waals surface area contributed by atoms with E-state index in [0.717, 1.165) is 28.9 Å². The molecule has 2 aliphatic rings. The van der Waals surface area contributed by atoms with Gasteiger partial charge in [-0.3, -0.25) is 33.9 Å². The molecule has 1 unspecified atom stereocenters. The van der Waals surface area contributed by atoms with E-state index in [2.05, 4.69) is 48.4 Å². The van der Waals surface area contributed by atoms with Crippen molar-refractivity contribution in [3.8, 4) is 17.3 Å². The molecule has 0 saturated carbocycles. The summed E-state index contributed by atoms with van der Waals surface area (Å²) in [5, 5.41) is 73.4. The first-order valence-electron chi connectivity index (χ1n) is 21.6. The second-order valence-electron chi connectivity index (χ2n) is 16.2. The Morgan fingerprint density at radius 3 is 2.03 bits per heavy atom. The van der Waals surface area contributed by atoms with Gasteiger partial charge in [-0.15, -0.1) is 12.4 Å². The average Bonchev–Trinajstić information content (AvgIpc) is 3.32. The molecule has 26 heteroatoms. The minimum Gasteiger partial charge on any atom is -0.506 e. The highest BCUT2D eigenvalue weighted by Crippen LogP contribution is 2.36. The molecule has 6 rings (SSSR count). The Hall–Kier alpha value is -6.12. The number of H-pyrrole nitrogens is 1.